The zero-order valence-corrected chi connectivity index (χ0v) is 18.7. The van der Waals surface area contributed by atoms with Crippen molar-refractivity contribution in [3.8, 4) is 5.75 Å². The minimum absolute atomic E-state index is 0.0203. The molecule has 1 aromatic heterocycles. The number of halogens is 3. The lowest BCUT2D eigenvalue weighted by Crippen LogP contribution is -2.41. The van der Waals surface area contributed by atoms with E-state index in [2.05, 4.69) is 22.1 Å². The summed E-state index contributed by atoms with van der Waals surface area (Å²) in [6.45, 7) is 5.20. The molecule has 0 bridgehead atoms. The van der Waals surface area contributed by atoms with E-state index >= 15 is 0 Å². The summed E-state index contributed by atoms with van der Waals surface area (Å²) in [6.07, 6.45) is -1.64. The highest BCUT2D eigenvalue weighted by Gasteiger charge is 2.33. The molecule has 1 aliphatic heterocycles. The molecule has 0 unspecified atom stereocenters. The molecular weight excluding hydrogens is 437 g/mol. The van der Waals surface area contributed by atoms with Gasteiger partial charge in [0.2, 0.25) is 0 Å². The van der Waals surface area contributed by atoms with Gasteiger partial charge in [-0.25, -0.2) is 0 Å². The summed E-state index contributed by atoms with van der Waals surface area (Å²) < 4.78 is 49.7. The third kappa shape index (κ3) is 5.67. The lowest BCUT2D eigenvalue weighted by molar-refractivity contribution is -0.274. The van der Waals surface area contributed by atoms with Crippen molar-refractivity contribution in [2.45, 2.75) is 58.1 Å². The number of rotatable bonds is 7. The van der Waals surface area contributed by atoms with Crippen molar-refractivity contribution in [2.24, 2.45) is 0 Å². The fourth-order valence-corrected chi connectivity index (χ4v) is 4.48. The lowest BCUT2D eigenvalue weighted by atomic mass is 9.90. The largest absolute Gasteiger partial charge is 0.573 e. The van der Waals surface area contributed by atoms with Crippen molar-refractivity contribution < 1.29 is 27.4 Å². The van der Waals surface area contributed by atoms with Crippen molar-refractivity contribution in [1.82, 2.24) is 20.0 Å². The van der Waals surface area contributed by atoms with Crippen LogP contribution in [-0.4, -0.2) is 59.3 Å². The molecule has 4 rings (SSSR count). The number of carbonyl (C=O) groups excluding carboxylic acids is 1. The summed E-state index contributed by atoms with van der Waals surface area (Å²) in [6, 6.07) is 6.16. The topological polar surface area (TPSA) is 68.6 Å². The van der Waals surface area contributed by atoms with E-state index in [1.165, 1.54) is 12.1 Å². The van der Waals surface area contributed by atoms with Gasteiger partial charge >= 0.3 is 6.36 Å². The summed E-state index contributed by atoms with van der Waals surface area (Å²) in [7, 11) is 0. The van der Waals surface area contributed by atoms with E-state index in [1.807, 2.05) is 4.68 Å². The normalized spacial score (nSPS) is 18.8. The average molecular weight is 467 g/mol. The number of fused-ring (bicyclic) bond motifs is 1. The Morgan fingerprint density at radius 1 is 1.27 bits per heavy atom. The smallest absolute Gasteiger partial charge is 0.405 e. The van der Waals surface area contributed by atoms with E-state index in [0.717, 1.165) is 37.1 Å². The Morgan fingerprint density at radius 3 is 2.76 bits per heavy atom. The number of aryl methyl sites for hydroxylation is 1. The fourth-order valence-electron chi connectivity index (χ4n) is 4.48. The number of hydrogen-bond donors (Lipinski definition) is 1. The van der Waals surface area contributed by atoms with Crippen LogP contribution >= 0.6 is 0 Å². The Kier molecular flexibility index (Phi) is 7.23. The number of alkyl halides is 3. The third-order valence-corrected chi connectivity index (χ3v) is 6.06. The van der Waals surface area contributed by atoms with Crippen LogP contribution in [0.1, 0.15) is 47.1 Å². The van der Waals surface area contributed by atoms with Crippen molar-refractivity contribution in [2.75, 3.05) is 26.3 Å². The third-order valence-electron chi connectivity index (χ3n) is 6.06. The first-order chi connectivity index (χ1) is 15.9. The van der Waals surface area contributed by atoms with Gasteiger partial charge in [0, 0.05) is 49.0 Å². The molecule has 1 amide bonds. The molecule has 0 radical (unpaired) electrons. The summed E-state index contributed by atoms with van der Waals surface area (Å²) in [5.74, 6) is -0.276. The van der Waals surface area contributed by atoms with Crippen molar-refractivity contribution >= 4 is 5.91 Å². The molecule has 1 aliphatic carbocycles. The van der Waals surface area contributed by atoms with Gasteiger partial charge < -0.3 is 19.7 Å². The second-order valence-electron chi connectivity index (χ2n) is 8.38. The number of ether oxygens (including phenoxy) is 2. The minimum atomic E-state index is -4.74. The number of benzene rings is 1. The van der Waals surface area contributed by atoms with E-state index in [-0.39, 0.29) is 24.2 Å². The van der Waals surface area contributed by atoms with Crippen molar-refractivity contribution in [3.05, 3.63) is 46.8 Å². The molecule has 1 aromatic carbocycles. The van der Waals surface area contributed by atoms with Gasteiger partial charge in [-0.15, -0.1) is 13.2 Å². The predicted octanol–water partition coefficient (Wildman–Crippen LogP) is 3.31. The Bertz CT molecular complexity index is 970. The zero-order chi connectivity index (χ0) is 23.4. The number of hydrogen-bond acceptors (Lipinski definition) is 5. The maximum Gasteiger partial charge on any atom is 0.573 e. The van der Waals surface area contributed by atoms with Crippen LogP contribution in [0.5, 0.6) is 5.75 Å². The molecule has 7 nitrogen and oxygen atoms in total. The summed E-state index contributed by atoms with van der Waals surface area (Å²) in [5, 5.41) is 8.04. The van der Waals surface area contributed by atoms with Gasteiger partial charge in [-0.3, -0.25) is 9.48 Å². The van der Waals surface area contributed by atoms with Gasteiger partial charge in [0.1, 0.15) is 5.75 Å². The molecule has 1 atom stereocenters. The van der Waals surface area contributed by atoms with Crippen molar-refractivity contribution in [3.63, 3.8) is 0 Å². The Labute approximate surface area is 190 Å². The van der Waals surface area contributed by atoms with Gasteiger partial charge in [0.05, 0.1) is 13.2 Å². The predicted molar refractivity (Wildman–Crippen MR) is 115 cm³/mol. The van der Waals surface area contributed by atoms with E-state index in [1.54, 1.807) is 17.0 Å². The number of nitrogens with one attached hydrogen (secondary N) is 1. The Morgan fingerprint density at radius 2 is 2.03 bits per heavy atom. The van der Waals surface area contributed by atoms with E-state index in [4.69, 9.17) is 4.74 Å². The van der Waals surface area contributed by atoms with Crippen LogP contribution in [0, 0.1) is 0 Å². The molecular formula is C23H29F3N4O3. The van der Waals surface area contributed by atoms with E-state index < -0.39 is 6.36 Å². The highest BCUT2D eigenvalue weighted by atomic mass is 19.4. The molecule has 2 aromatic rings. The zero-order valence-electron chi connectivity index (χ0n) is 18.7. The maximum atomic E-state index is 13.2. The number of para-hydroxylation sites is 1. The fraction of sp³-hybridized carbons (Fsp3) is 0.565. The van der Waals surface area contributed by atoms with Crippen LogP contribution in [0.25, 0.3) is 0 Å². The van der Waals surface area contributed by atoms with Crippen LogP contribution in [0.3, 0.4) is 0 Å². The van der Waals surface area contributed by atoms with Gasteiger partial charge in [0.15, 0.2) is 5.69 Å². The number of amides is 1. The quantitative estimate of drug-likeness (QED) is 0.678. The summed E-state index contributed by atoms with van der Waals surface area (Å²) in [5.41, 5.74) is 2.97. The molecule has 180 valence electrons. The highest BCUT2D eigenvalue weighted by molar-refractivity contribution is 5.94. The summed E-state index contributed by atoms with van der Waals surface area (Å²) in [4.78, 5) is 15.0. The lowest BCUT2D eigenvalue weighted by Gasteiger charge is -2.28. The maximum absolute atomic E-state index is 13.2. The van der Waals surface area contributed by atoms with Crippen LogP contribution in [0.4, 0.5) is 13.2 Å². The summed E-state index contributed by atoms with van der Waals surface area (Å²) >= 11 is 0. The van der Waals surface area contributed by atoms with Gasteiger partial charge in [-0.2, -0.15) is 5.10 Å². The molecule has 1 N–H and O–H groups in total. The number of morpholine rings is 1. The molecule has 2 heterocycles. The standard InChI is InChI=1S/C23H29F3N4O3/c1-2-9-30-19-8-7-17(27-15-16-5-3-4-6-20(16)33-23(24,25)26)14-18(19)21(28-30)22(31)29-10-12-32-13-11-29/h3-6,17,27H,2,7-15H2,1H3/t17-/m0/s1. The number of nitrogens with zero attached hydrogens (tertiary/aromatic N) is 3. The molecule has 0 saturated carbocycles. The first kappa shape index (κ1) is 23.6. The first-order valence-corrected chi connectivity index (χ1v) is 11.4. The molecule has 1 saturated heterocycles. The molecule has 1 fully saturated rings. The highest BCUT2D eigenvalue weighted by Crippen LogP contribution is 2.29. The Hall–Kier alpha value is -2.59. The molecule has 10 heteroatoms. The van der Waals surface area contributed by atoms with E-state index in [0.29, 0.717) is 44.0 Å². The van der Waals surface area contributed by atoms with Crippen LogP contribution in [0.15, 0.2) is 24.3 Å². The van der Waals surface area contributed by atoms with Crippen LogP contribution < -0.4 is 10.1 Å². The first-order valence-electron chi connectivity index (χ1n) is 11.4. The molecule has 0 spiro atoms. The molecule has 33 heavy (non-hydrogen) atoms. The number of aromatic nitrogens is 2. The second kappa shape index (κ2) is 10.1. The monoisotopic (exact) mass is 466 g/mol. The molecule has 2 aliphatic rings. The van der Waals surface area contributed by atoms with Gasteiger partial charge in [0.25, 0.3) is 5.91 Å². The Balaban J connectivity index is 1.49. The van der Waals surface area contributed by atoms with Crippen molar-refractivity contribution in [1.29, 1.82) is 0 Å². The van der Waals surface area contributed by atoms with Crippen LogP contribution in [0.2, 0.25) is 0 Å². The minimum Gasteiger partial charge on any atom is -0.405 e. The SMILES string of the molecule is CCCn1nc(C(=O)N2CCOCC2)c2c1CC[C@H](NCc1ccccc1OC(F)(F)F)C2. The average Bonchev–Trinajstić information content (AvgIpc) is 3.15. The van der Waals surface area contributed by atoms with Gasteiger partial charge in [-0.05, 0) is 31.7 Å². The second-order valence-corrected chi connectivity index (χ2v) is 8.38. The number of carbonyl (C=O) groups is 1. The van der Waals surface area contributed by atoms with E-state index in [9.17, 15) is 18.0 Å². The van der Waals surface area contributed by atoms with Gasteiger partial charge in [-0.1, -0.05) is 25.1 Å². The van der Waals surface area contributed by atoms with Crippen LogP contribution in [-0.2, 0) is 30.7 Å².